The van der Waals surface area contributed by atoms with Gasteiger partial charge >= 0.3 is 0 Å². The maximum atomic E-state index is 8.63. The van der Waals surface area contributed by atoms with E-state index in [1.807, 2.05) is 19.1 Å². The van der Waals surface area contributed by atoms with Crippen LogP contribution in [0, 0.1) is 0 Å². The zero-order valence-corrected chi connectivity index (χ0v) is 13.1. The molecule has 5 nitrogen and oxygen atoms in total. The topological polar surface area (TPSA) is 63.9 Å². The van der Waals surface area contributed by atoms with Crippen LogP contribution >= 0.6 is 15.9 Å². The van der Waals surface area contributed by atoms with Gasteiger partial charge in [-0.2, -0.15) is 0 Å². The molecular weight excluding hydrogens is 336 g/mol. The summed E-state index contributed by atoms with van der Waals surface area (Å²) in [7, 11) is 0. The van der Waals surface area contributed by atoms with E-state index < -0.39 is 0 Å². The summed E-state index contributed by atoms with van der Waals surface area (Å²) in [6.07, 6.45) is 4.80. The van der Waals surface area contributed by atoms with E-state index in [4.69, 9.17) is 14.7 Å². The molecule has 0 spiro atoms. The normalized spacial score (nSPS) is 10.8. The van der Waals surface area contributed by atoms with Crippen molar-refractivity contribution in [2.75, 3.05) is 6.61 Å². The monoisotopic (exact) mass is 350 g/mol. The third-order valence-corrected chi connectivity index (χ3v) is 3.23. The highest BCUT2D eigenvalue weighted by atomic mass is 79.9. The van der Waals surface area contributed by atoms with Crippen LogP contribution in [0.15, 0.2) is 46.3 Å². The van der Waals surface area contributed by atoms with Crippen LogP contribution in [-0.2, 0) is 6.61 Å². The average molecular weight is 351 g/mol. The van der Waals surface area contributed by atoms with Gasteiger partial charge < -0.3 is 14.7 Å². The fraction of sp³-hybridized carbons (Fsp3) is 0.200. The summed E-state index contributed by atoms with van der Waals surface area (Å²) in [6.45, 7) is 2.79. The number of aromatic nitrogens is 1. The Morgan fingerprint density at radius 1 is 1.38 bits per heavy atom. The lowest BCUT2D eigenvalue weighted by atomic mass is 10.2. The Morgan fingerprint density at radius 2 is 2.24 bits per heavy atom. The molecule has 0 amide bonds. The lowest BCUT2D eigenvalue weighted by Gasteiger charge is -2.14. The van der Waals surface area contributed by atoms with E-state index in [2.05, 4.69) is 26.1 Å². The van der Waals surface area contributed by atoms with Gasteiger partial charge in [0.25, 0.3) is 0 Å². The molecule has 0 saturated heterocycles. The molecule has 0 radical (unpaired) electrons. The van der Waals surface area contributed by atoms with E-state index in [1.54, 1.807) is 24.5 Å². The summed E-state index contributed by atoms with van der Waals surface area (Å²) in [4.78, 5) is 4.05. The maximum absolute atomic E-state index is 8.63. The standard InChI is InChI=1S/C15H15BrN2O3/c1-2-20-14-7-12(9-18-19)6-13(16)15(14)21-10-11-4-3-5-17-8-11/h3-9,19H,2,10H2,1H3/b18-9-. The molecular formula is C15H15BrN2O3. The van der Waals surface area contributed by atoms with Crippen molar-refractivity contribution < 1.29 is 14.7 Å². The van der Waals surface area contributed by atoms with Gasteiger partial charge in [-0.05, 0) is 41.1 Å². The van der Waals surface area contributed by atoms with Crippen LogP contribution in [0.2, 0.25) is 0 Å². The van der Waals surface area contributed by atoms with Gasteiger partial charge in [-0.15, -0.1) is 0 Å². The molecule has 1 heterocycles. The molecule has 0 aliphatic rings. The molecule has 1 N–H and O–H groups in total. The third-order valence-electron chi connectivity index (χ3n) is 2.64. The quantitative estimate of drug-likeness (QED) is 0.490. The molecule has 110 valence electrons. The van der Waals surface area contributed by atoms with Crippen molar-refractivity contribution in [2.45, 2.75) is 13.5 Å². The molecule has 1 aromatic heterocycles. The number of ether oxygens (including phenoxy) is 2. The van der Waals surface area contributed by atoms with E-state index in [-0.39, 0.29) is 0 Å². The smallest absolute Gasteiger partial charge is 0.175 e. The van der Waals surface area contributed by atoms with Gasteiger partial charge in [-0.1, -0.05) is 11.2 Å². The largest absolute Gasteiger partial charge is 0.490 e. The van der Waals surface area contributed by atoms with Gasteiger partial charge in [-0.3, -0.25) is 4.98 Å². The minimum absolute atomic E-state index is 0.389. The van der Waals surface area contributed by atoms with E-state index in [1.165, 1.54) is 6.21 Å². The van der Waals surface area contributed by atoms with Gasteiger partial charge in [-0.25, -0.2) is 0 Å². The first-order valence-corrected chi connectivity index (χ1v) is 7.19. The first-order chi connectivity index (χ1) is 10.2. The number of benzene rings is 1. The van der Waals surface area contributed by atoms with Crippen LogP contribution in [0.25, 0.3) is 0 Å². The van der Waals surface area contributed by atoms with Gasteiger partial charge in [0.15, 0.2) is 11.5 Å². The minimum Gasteiger partial charge on any atom is -0.490 e. The molecule has 2 rings (SSSR count). The van der Waals surface area contributed by atoms with Gasteiger partial charge in [0.1, 0.15) is 6.61 Å². The molecule has 2 aromatic rings. The van der Waals surface area contributed by atoms with Crippen LogP contribution in [0.1, 0.15) is 18.1 Å². The van der Waals surface area contributed by atoms with E-state index in [0.717, 1.165) is 10.0 Å². The molecule has 0 fully saturated rings. The molecule has 0 aliphatic heterocycles. The highest BCUT2D eigenvalue weighted by molar-refractivity contribution is 9.10. The van der Waals surface area contributed by atoms with Gasteiger partial charge in [0, 0.05) is 23.5 Å². The predicted octanol–water partition coefficient (Wildman–Crippen LogP) is 3.63. The molecule has 0 unspecified atom stereocenters. The Balaban J connectivity index is 2.24. The number of hydrogen-bond donors (Lipinski definition) is 1. The molecule has 0 atom stereocenters. The lowest BCUT2D eigenvalue weighted by Crippen LogP contribution is -2.01. The molecule has 6 heteroatoms. The van der Waals surface area contributed by atoms with Crippen molar-refractivity contribution in [1.29, 1.82) is 0 Å². The Hall–Kier alpha value is -2.08. The van der Waals surface area contributed by atoms with Crippen LogP contribution in [0.5, 0.6) is 11.5 Å². The SMILES string of the molecule is CCOc1cc(/C=N\O)cc(Br)c1OCc1cccnc1. The number of rotatable bonds is 6. The summed E-state index contributed by atoms with van der Waals surface area (Å²) in [5.41, 5.74) is 1.68. The average Bonchev–Trinajstić information content (AvgIpc) is 2.48. The zero-order valence-electron chi connectivity index (χ0n) is 11.5. The Labute approximate surface area is 131 Å². The Kier molecular flexibility index (Phi) is 5.57. The van der Waals surface area contributed by atoms with E-state index in [0.29, 0.717) is 30.3 Å². The second-order valence-electron chi connectivity index (χ2n) is 4.16. The number of nitrogens with zero attached hydrogens (tertiary/aromatic N) is 2. The maximum Gasteiger partial charge on any atom is 0.175 e. The van der Waals surface area contributed by atoms with E-state index >= 15 is 0 Å². The zero-order chi connectivity index (χ0) is 15.1. The fourth-order valence-corrected chi connectivity index (χ4v) is 2.35. The molecule has 0 aliphatic carbocycles. The summed E-state index contributed by atoms with van der Waals surface area (Å²) in [6, 6.07) is 7.35. The highest BCUT2D eigenvalue weighted by Crippen LogP contribution is 2.37. The number of pyridine rings is 1. The van der Waals surface area contributed by atoms with E-state index in [9.17, 15) is 0 Å². The number of halogens is 1. The third kappa shape index (κ3) is 4.19. The van der Waals surface area contributed by atoms with Crippen LogP contribution in [0.4, 0.5) is 0 Å². The van der Waals surface area contributed by atoms with Gasteiger partial charge in [0.05, 0.1) is 17.3 Å². The second kappa shape index (κ2) is 7.64. The Morgan fingerprint density at radius 3 is 2.90 bits per heavy atom. The van der Waals surface area contributed by atoms with Gasteiger partial charge in [0.2, 0.25) is 0 Å². The second-order valence-corrected chi connectivity index (χ2v) is 5.01. The molecule has 0 saturated carbocycles. The molecule has 0 bridgehead atoms. The summed E-state index contributed by atoms with van der Waals surface area (Å²) >= 11 is 3.45. The number of hydrogen-bond acceptors (Lipinski definition) is 5. The first kappa shape index (κ1) is 15.3. The van der Waals surface area contributed by atoms with Crippen molar-refractivity contribution in [1.82, 2.24) is 4.98 Å². The first-order valence-electron chi connectivity index (χ1n) is 6.40. The highest BCUT2D eigenvalue weighted by Gasteiger charge is 2.12. The Bertz CT molecular complexity index is 618. The van der Waals surface area contributed by atoms with Crippen LogP contribution in [-0.4, -0.2) is 23.0 Å². The molecule has 1 aromatic carbocycles. The van der Waals surface area contributed by atoms with Crippen molar-refractivity contribution in [2.24, 2.45) is 5.16 Å². The van der Waals surface area contributed by atoms with Crippen molar-refractivity contribution in [3.05, 3.63) is 52.3 Å². The summed E-state index contributed by atoms with van der Waals surface area (Å²) in [5, 5.41) is 11.6. The van der Waals surface area contributed by atoms with Crippen molar-refractivity contribution in [3.8, 4) is 11.5 Å². The van der Waals surface area contributed by atoms with Crippen LogP contribution < -0.4 is 9.47 Å². The van der Waals surface area contributed by atoms with Crippen molar-refractivity contribution >= 4 is 22.1 Å². The van der Waals surface area contributed by atoms with Crippen LogP contribution in [0.3, 0.4) is 0 Å². The molecule has 21 heavy (non-hydrogen) atoms. The lowest BCUT2D eigenvalue weighted by molar-refractivity contribution is 0.267. The van der Waals surface area contributed by atoms with Crippen molar-refractivity contribution in [3.63, 3.8) is 0 Å². The summed E-state index contributed by atoms with van der Waals surface area (Å²) < 4.78 is 12.1. The minimum atomic E-state index is 0.389. The summed E-state index contributed by atoms with van der Waals surface area (Å²) in [5.74, 6) is 1.20. The number of oxime groups is 1. The predicted molar refractivity (Wildman–Crippen MR) is 83.3 cm³/mol. The fourth-order valence-electron chi connectivity index (χ4n) is 1.77.